The molecule has 3 aromatic rings. The Morgan fingerprint density at radius 3 is 2.68 bits per heavy atom. The predicted octanol–water partition coefficient (Wildman–Crippen LogP) is 4.26. The highest BCUT2D eigenvalue weighted by Crippen LogP contribution is 2.16. The molecule has 0 bridgehead atoms. The van der Waals surface area contributed by atoms with Crippen LogP contribution in [0.2, 0.25) is 10.0 Å². The Labute approximate surface area is 155 Å². The molecule has 0 aliphatic rings. The number of amides is 1. The number of hydrogen-bond acceptors (Lipinski definition) is 3. The number of halogens is 2. The Balaban J connectivity index is 1.52. The van der Waals surface area contributed by atoms with Gasteiger partial charge in [0.1, 0.15) is 5.75 Å². The Morgan fingerprint density at radius 1 is 1.12 bits per heavy atom. The summed E-state index contributed by atoms with van der Waals surface area (Å²) in [4.78, 5) is 11.9. The van der Waals surface area contributed by atoms with Gasteiger partial charge in [-0.3, -0.25) is 9.48 Å². The Morgan fingerprint density at radius 2 is 1.92 bits per heavy atom. The van der Waals surface area contributed by atoms with Gasteiger partial charge in [0, 0.05) is 16.2 Å². The molecule has 0 spiro atoms. The number of aromatic nitrogens is 2. The maximum absolute atomic E-state index is 11.9. The summed E-state index contributed by atoms with van der Waals surface area (Å²) in [6.07, 6.45) is 3.34. The second-order valence-corrected chi connectivity index (χ2v) is 6.22. The molecule has 0 atom stereocenters. The van der Waals surface area contributed by atoms with Crippen molar-refractivity contribution in [3.63, 3.8) is 0 Å². The molecule has 1 aromatic heterocycles. The molecule has 7 heteroatoms. The van der Waals surface area contributed by atoms with Crippen LogP contribution < -0.4 is 10.1 Å². The van der Waals surface area contributed by atoms with E-state index in [0.29, 0.717) is 28.0 Å². The van der Waals surface area contributed by atoms with E-state index in [4.69, 9.17) is 27.9 Å². The first-order valence-corrected chi connectivity index (χ1v) is 8.29. The van der Waals surface area contributed by atoms with Crippen LogP contribution in [0.4, 0.5) is 5.69 Å². The van der Waals surface area contributed by atoms with Gasteiger partial charge in [0.25, 0.3) is 5.91 Å². The molecule has 0 saturated heterocycles. The first-order chi connectivity index (χ1) is 12.1. The standard InChI is InChI=1S/C18H15Cl2N3O2/c19-14-4-6-17(7-5-14)25-12-18(24)22-16-9-21-23(11-16)10-13-2-1-3-15(20)8-13/h1-9,11H,10,12H2,(H,22,24). The summed E-state index contributed by atoms with van der Waals surface area (Å²) in [6, 6.07) is 14.4. The van der Waals surface area contributed by atoms with Crippen molar-refractivity contribution in [2.75, 3.05) is 11.9 Å². The van der Waals surface area contributed by atoms with E-state index in [1.807, 2.05) is 24.3 Å². The van der Waals surface area contributed by atoms with E-state index < -0.39 is 0 Å². The second-order valence-electron chi connectivity index (χ2n) is 5.35. The average Bonchev–Trinajstić information content (AvgIpc) is 3.01. The number of hydrogen-bond donors (Lipinski definition) is 1. The molecular weight excluding hydrogens is 361 g/mol. The van der Waals surface area contributed by atoms with E-state index in [1.54, 1.807) is 41.3 Å². The zero-order chi connectivity index (χ0) is 17.6. The molecule has 25 heavy (non-hydrogen) atoms. The lowest BCUT2D eigenvalue weighted by Crippen LogP contribution is -2.19. The molecule has 128 valence electrons. The van der Waals surface area contributed by atoms with Gasteiger partial charge in [-0.15, -0.1) is 0 Å². The molecule has 1 N–H and O–H groups in total. The average molecular weight is 376 g/mol. The summed E-state index contributed by atoms with van der Waals surface area (Å²) in [6.45, 7) is 0.471. The largest absolute Gasteiger partial charge is 0.484 e. The van der Waals surface area contributed by atoms with Gasteiger partial charge >= 0.3 is 0 Å². The summed E-state index contributed by atoms with van der Waals surface area (Å²) in [7, 11) is 0. The zero-order valence-electron chi connectivity index (χ0n) is 13.2. The van der Waals surface area contributed by atoms with Gasteiger partial charge in [0.2, 0.25) is 0 Å². The van der Waals surface area contributed by atoms with Crippen molar-refractivity contribution in [1.29, 1.82) is 0 Å². The van der Waals surface area contributed by atoms with Crippen molar-refractivity contribution in [3.8, 4) is 5.75 Å². The van der Waals surface area contributed by atoms with Crippen molar-refractivity contribution in [2.24, 2.45) is 0 Å². The van der Waals surface area contributed by atoms with Gasteiger partial charge in [0.05, 0.1) is 18.4 Å². The second kappa shape index (κ2) is 8.05. The maximum atomic E-state index is 11.9. The first kappa shape index (κ1) is 17.3. The molecule has 0 aliphatic heterocycles. The van der Waals surface area contributed by atoms with E-state index in [0.717, 1.165) is 5.56 Å². The SMILES string of the molecule is O=C(COc1ccc(Cl)cc1)Nc1cnn(Cc2cccc(Cl)c2)c1. The highest BCUT2D eigenvalue weighted by molar-refractivity contribution is 6.30. The number of rotatable bonds is 6. The number of carbonyl (C=O) groups excluding carboxylic acids is 1. The van der Waals surface area contributed by atoms with Gasteiger partial charge in [0.15, 0.2) is 6.61 Å². The van der Waals surface area contributed by atoms with Crippen molar-refractivity contribution in [2.45, 2.75) is 6.54 Å². The van der Waals surface area contributed by atoms with Crippen LogP contribution in [0.15, 0.2) is 60.9 Å². The van der Waals surface area contributed by atoms with Crippen molar-refractivity contribution < 1.29 is 9.53 Å². The van der Waals surface area contributed by atoms with Gasteiger partial charge in [-0.05, 0) is 42.0 Å². The minimum Gasteiger partial charge on any atom is -0.484 e. The minimum absolute atomic E-state index is 0.0961. The van der Waals surface area contributed by atoms with Crippen LogP contribution in [0.25, 0.3) is 0 Å². The lowest BCUT2D eigenvalue weighted by atomic mass is 10.2. The third-order valence-corrected chi connectivity index (χ3v) is 3.82. The highest BCUT2D eigenvalue weighted by Gasteiger charge is 2.06. The van der Waals surface area contributed by atoms with Crippen molar-refractivity contribution >= 4 is 34.8 Å². The third kappa shape index (κ3) is 5.24. The van der Waals surface area contributed by atoms with Gasteiger partial charge in [-0.1, -0.05) is 35.3 Å². The van der Waals surface area contributed by atoms with Gasteiger partial charge < -0.3 is 10.1 Å². The predicted molar refractivity (Wildman–Crippen MR) is 98.4 cm³/mol. The molecule has 1 heterocycles. The number of anilines is 1. The van der Waals surface area contributed by atoms with Gasteiger partial charge in [-0.25, -0.2) is 0 Å². The fraction of sp³-hybridized carbons (Fsp3) is 0.111. The number of nitrogens with one attached hydrogen (secondary N) is 1. The Hall–Kier alpha value is -2.50. The first-order valence-electron chi connectivity index (χ1n) is 7.53. The van der Waals surface area contributed by atoms with Crippen LogP contribution in [-0.4, -0.2) is 22.3 Å². The summed E-state index contributed by atoms with van der Waals surface area (Å²) >= 11 is 11.8. The third-order valence-electron chi connectivity index (χ3n) is 3.33. The Bertz CT molecular complexity index is 863. The molecule has 0 saturated carbocycles. The molecule has 2 aromatic carbocycles. The van der Waals surface area contributed by atoms with Crippen LogP contribution in [0.3, 0.4) is 0 Å². The lowest BCUT2D eigenvalue weighted by molar-refractivity contribution is -0.118. The molecule has 0 aliphatic carbocycles. The van der Waals surface area contributed by atoms with Crippen LogP contribution >= 0.6 is 23.2 Å². The molecule has 3 rings (SSSR count). The molecule has 5 nitrogen and oxygen atoms in total. The quantitative estimate of drug-likeness (QED) is 0.700. The monoisotopic (exact) mass is 375 g/mol. The van der Waals surface area contributed by atoms with E-state index in [2.05, 4.69) is 10.4 Å². The summed E-state index contributed by atoms with van der Waals surface area (Å²) < 4.78 is 7.12. The van der Waals surface area contributed by atoms with E-state index in [1.165, 1.54) is 0 Å². The minimum atomic E-state index is -0.266. The number of carbonyl (C=O) groups is 1. The zero-order valence-corrected chi connectivity index (χ0v) is 14.7. The molecule has 0 unspecified atom stereocenters. The van der Waals surface area contributed by atoms with E-state index in [9.17, 15) is 4.79 Å². The smallest absolute Gasteiger partial charge is 0.262 e. The van der Waals surface area contributed by atoms with Crippen LogP contribution in [-0.2, 0) is 11.3 Å². The summed E-state index contributed by atoms with van der Waals surface area (Å²) in [5, 5.41) is 8.26. The topological polar surface area (TPSA) is 56.1 Å². The van der Waals surface area contributed by atoms with E-state index in [-0.39, 0.29) is 12.5 Å². The Kier molecular flexibility index (Phi) is 5.58. The highest BCUT2D eigenvalue weighted by atomic mass is 35.5. The number of ether oxygens (including phenoxy) is 1. The summed E-state index contributed by atoms with van der Waals surface area (Å²) in [5.74, 6) is 0.313. The molecule has 1 amide bonds. The fourth-order valence-electron chi connectivity index (χ4n) is 2.21. The van der Waals surface area contributed by atoms with Crippen LogP contribution in [0.1, 0.15) is 5.56 Å². The molecular formula is C18H15Cl2N3O2. The van der Waals surface area contributed by atoms with Crippen molar-refractivity contribution in [3.05, 3.63) is 76.5 Å². The van der Waals surface area contributed by atoms with Crippen molar-refractivity contribution in [1.82, 2.24) is 9.78 Å². The normalized spacial score (nSPS) is 10.5. The van der Waals surface area contributed by atoms with Crippen LogP contribution in [0, 0.1) is 0 Å². The summed E-state index contributed by atoms with van der Waals surface area (Å²) in [5.41, 5.74) is 1.63. The van der Waals surface area contributed by atoms with Crippen LogP contribution in [0.5, 0.6) is 5.75 Å². The maximum Gasteiger partial charge on any atom is 0.262 e. The number of nitrogens with zero attached hydrogens (tertiary/aromatic N) is 2. The molecule has 0 radical (unpaired) electrons. The van der Waals surface area contributed by atoms with E-state index >= 15 is 0 Å². The molecule has 0 fully saturated rings. The fourth-order valence-corrected chi connectivity index (χ4v) is 2.55. The lowest BCUT2D eigenvalue weighted by Gasteiger charge is -2.06. The number of benzene rings is 2. The van der Waals surface area contributed by atoms with Gasteiger partial charge in [-0.2, -0.15) is 5.10 Å².